The number of nitrogen functional groups attached to an aromatic ring is 1. The third-order valence-corrected chi connectivity index (χ3v) is 2.66. The zero-order valence-corrected chi connectivity index (χ0v) is 10.0. The number of pyridine rings is 1. The second kappa shape index (κ2) is 4.40. The quantitative estimate of drug-likeness (QED) is 0.707. The molecule has 6 heteroatoms. The van der Waals surface area contributed by atoms with Gasteiger partial charge >= 0.3 is 6.09 Å². The summed E-state index contributed by atoms with van der Waals surface area (Å²) in [7, 11) is 1.44. The molecule has 1 heterocycles. The first-order valence-electron chi connectivity index (χ1n) is 5.26. The molecule has 6 nitrogen and oxygen atoms in total. The number of fused-ring (bicyclic) bond motifs is 1. The zero-order chi connectivity index (χ0) is 13.3. The van der Waals surface area contributed by atoms with Crippen LogP contribution in [0.2, 0.25) is 0 Å². The first kappa shape index (κ1) is 12.0. The first-order valence-corrected chi connectivity index (χ1v) is 5.26. The fraction of sp³-hybridized carbons (Fsp3) is 0.167. The van der Waals surface area contributed by atoms with E-state index in [1.165, 1.54) is 7.11 Å². The van der Waals surface area contributed by atoms with E-state index in [9.17, 15) is 4.79 Å². The van der Waals surface area contributed by atoms with Gasteiger partial charge in [0.2, 0.25) is 5.88 Å². The van der Waals surface area contributed by atoms with Crippen LogP contribution in [0, 0.1) is 6.92 Å². The van der Waals surface area contributed by atoms with Crippen molar-refractivity contribution in [1.82, 2.24) is 4.98 Å². The molecular formula is C12H13N3O3. The van der Waals surface area contributed by atoms with E-state index in [2.05, 4.69) is 10.3 Å². The summed E-state index contributed by atoms with van der Waals surface area (Å²) in [6.07, 6.45) is -1.17. The molecular weight excluding hydrogens is 234 g/mol. The highest BCUT2D eigenvalue weighted by Crippen LogP contribution is 2.32. The number of hydrogen-bond acceptors (Lipinski definition) is 4. The Morgan fingerprint density at radius 3 is 2.83 bits per heavy atom. The monoisotopic (exact) mass is 247 g/mol. The van der Waals surface area contributed by atoms with Gasteiger partial charge in [0.1, 0.15) is 5.69 Å². The molecule has 18 heavy (non-hydrogen) atoms. The summed E-state index contributed by atoms with van der Waals surface area (Å²) < 4.78 is 5.10. The molecule has 2 rings (SSSR count). The molecule has 0 bridgehead atoms. The lowest BCUT2D eigenvalue weighted by atomic mass is 10.1. The maximum Gasteiger partial charge on any atom is 0.409 e. The predicted molar refractivity (Wildman–Crippen MR) is 69.1 cm³/mol. The highest BCUT2D eigenvalue weighted by molar-refractivity contribution is 5.95. The van der Waals surface area contributed by atoms with Gasteiger partial charge in [-0.3, -0.25) is 5.32 Å². The molecule has 0 spiro atoms. The Morgan fingerprint density at radius 2 is 2.22 bits per heavy atom. The minimum atomic E-state index is -1.17. The largest absolute Gasteiger partial charge is 0.479 e. The topological polar surface area (TPSA) is 97.5 Å². The molecule has 94 valence electrons. The van der Waals surface area contributed by atoms with E-state index in [0.717, 1.165) is 10.9 Å². The number of carboxylic acid groups (broad SMARTS) is 1. The van der Waals surface area contributed by atoms with Crippen molar-refractivity contribution in [2.75, 3.05) is 18.2 Å². The molecule has 4 N–H and O–H groups in total. The summed E-state index contributed by atoms with van der Waals surface area (Å²) in [6, 6.07) is 5.26. The van der Waals surface area contributed by atoms with Crippen LogP contribution in [-0.4, -0.2) is 23.3 Å². The molecule has 0 aliphatic heterocycles. The molecule has 0 atom stereocenters. The van der Waals surface area contributed by atoms with Crippen molar-refractivity contribution < 1.29 is 14.6 Å². The number of hydrogen-bond donors (Lipinski definition) is 3. The van der Waals surface area contributed by atoms with Crippen molar-refractivity contribution in [3.8, 4) is 5.88 Å². The number of nitrogens with two attached hydrogens (primary N) is 1. The van der Waals surface area contributed by atoms with Crippen LogP contribution in [0.1, 0.15) is 5.56 Å². The van der Waals surface area contributed by atoms with Crippen LogP contribution >= 0.6 is 0 Å². The van der Waals surface area contributed by atoms with E-state index in [1.807, 2.05) is 0 Å². The second-order valence-electron chi connectivity index (χ2n) is 3.83. The summed E-state index contributed by atoms with van der Waals surface area (Å²) in [6.45, 7) is 1.79. The number of nitrogens with one attached hydrogen (secondary N) is 1. The number of methoxy groups -OCH3 is 1. The van der Waals surface area contributed by atoms with Crippen molar-refractivity contribution in [1.29, 1.82) is 0 Å². The van der Waals surface area contributed by atoms with Gasteiger partial charge in [-0.1, -0.05) is 0 Å². The van der Waals surface area contributed by atoms with Gasteiger partial charge in [0, 0.05) is 11.1 Å². The Balaban J connectivity index is 2.74. The van der Waals surface area contributed by atoms with Crippen molar-refractivity contribution in [2.24, 2.45) is 0 Å². The fourth-order valence-electron chi connectivity index (χ4n) is 1.81. The fourth-order valence-corrected chi connectivity index (χ4v) is 1.81. The molecule has 2 aromatic rings. The Kier molecular flexibility index (Phi) is 2.93. The number of anilines is 2. The van der Waals surface area contributed by atoms with Gasteiger partial charge < -0.3 is 15.6 Å². The maximum atomic E-state index is 10.8. The lowest BCUT2D eigenvalue weighted by molar-refractivity contribution is 0.209. The highest BCUT2D eigenvalue weighted by atomic mass is 16.5. The van der Waals surface area contributed by atoms with Crippen LogP contribution in [-0.2, 0) is 0 Å². The molecule has 0 radical (unpaired) electrons. The number of benzene rings is 1. The lowest BCUT2D eigenvalue weighted by Crippen LogP contribution is -2.11. The maximum absolute atomic E-state index is 10.8. The molecule has 0 saturated carbocycles. The minimum absolute atomic E-state index is 0.243. The van der Waals surface area contributed by atoms with Crippen molar-refractivity contribution in [3.05, 3.63) is 23.8 Å². The number of ether oxygens (including phenoxy) is 1. The molecule has 0 aliphatic rings. The number of amides is 1. The molecule has 0 saturated heterocycles. The SMILES string of the molecule is COc1nc2ccc(N)cc2c(C)c1NC(=O)O. The molecule has 0 aliphatic carbocycles. The minimum Gasteiger partial charge on any atom is -0.479 e. The summed E-state index contributed by atoms with van der Waals surface area (Å²) >= 11 is 0. The van der Waals surface area contributed by atoms with Crippen molar-refractivity contribution >= 4 is 28.4 Å². The third kappa shape index (κ3) is 2.00. The van der Waals surface area contributed by atoms with Gasteiger partial charge in [-0.05, 0) is 30.7 Å². The van der Waals surface area contributed by atoms with Gasteiger partial charge in [-0.2, -0.15) is 0 Å². The van der Waals surface area contributed by atoms with E-state index in [4.69, 9.17) is 15.6 Å². The van der Waals surface area contributed by atoms with Gasteiger partial charge in [-0.25, -0.2) is 9.78 Å². The van der Waals surface area contributed by atoms with Crippen LogP contribution in [0.5, 0.6) is 5.88 Å². The molecule has 1 aromatic carbocycles. The predicted octanol–water partition coefficient (Wildman–Crippen LogP) is 2.22. The summed E-state index contributed by atoms with van der Waals surface area (Å²) in [5.74, 6) is 0.243. The van der Waals surface area contributed by atoms with E-state index in [-0.39, 0.29) is 5.88 Å². The standard InChI is InChI=1S/C12H13N3O3/c1-6-8-5-7(13)3-4-9(8)14-11(18-2)10(6)15-12(16)17/h3-5,15H,13H2,1-2H3,(H,16,17). The number of aromatic nitrogens is 1. The van der Waals surface area contributed by atoms with E-state index in [1.54, 1.807) is 25.1 Å². The Morgan fingerprint density at radius 1 is 1.50 bits per heavy atom. The lowest BCUT2D eigenvalue weighted by Gasteiger charge is -2.13. The zero-order valence-electron chi connectivity index (χ0n) is 10.0. The average Bonchev–Trinajstić information content (AvgIpc) is 2.33. The van der Waals surface area contributed by atoms with Crippen LogP contribution in [0.4, 0.5) is 16.2 Å². The van der Waals surface area contributed by atoms with Gasteiger partial charge in [0.15, 0.2) is 0 Å². The molecule has 0 fully saturated rings. The summed E-state index contributed by atoms with van der Waals surface area (Å²) in [5, 5.41) is 11.9. The Hall–Kier alpha value is -2.50. The van der Waals surface area contributed by atoms with E-state index < -0.39 is 6.09 Å². The van der Waals surface area contributed by atoms with E-state index in [0.29, 0.717) is 16.9 Å². The van der Waals surface area contributed by atoms with Crippen LogP contribution in [0.3, 0.4) is 0 Å². The molecule has 0 unspecified atom stereocenters. The first-order chi connectivity index (χ1) is 8.52. The number of rotatable bonds is 2. The summed E-state index contributed by atoms with van der Waals surface area (Å²) in [4.78, 5) is 15.0. The van der Waals surface area contributed by atoms with Gasteiger partial charge in [0.25, 0.3) is 0 Å². The molecule has 1 amide bonds. The van der Waals surface area contributed by atoms with Gasteiger partial charge in [-0.15, -0.1) is 0 Å². The van der Waals surface area contributed by atoms with Crippen molar-refractivity contribution in [3.63, 3.8) is 0 Å². The Bertz CT molecular complexity index is 625. The van der Waals surface area contributed by atoms with Crippen LogP contribution < -0.4 is 15.8 Å². The van der Waals surface area contributed by atoms with Crippen LogP contribution in [0.15, 0.2) is 18.2 Å². The smallest absolute Gasteiger partial charge is 0.409 e. The summed E-state index contributed by atoms with van der Waals surface area (Å²) in [5.41, 5.74) is 8.08. The second-order valence-corrected chi connectivity index (χ2v) is 3.83. The highest BCUT2D eigenvalue weighted by Gasteiger charge is 2.14. The number of nitrogens with zero attached hydrogens (tertiary/aromatic N) is 1. The van der Waals surface area contributed by atoms with Crippen LogP contribution in [0.25, 0.3) is 10.9 Å². The normalized spacial score (nSPS) is 10.3. The van der Waals surface area contributed by atoms with E-state index >= 15 is 0 Å². The average molecular weight is 247 g/mol. The molecule has 1 aromatic heterocycles. The Labute approximate surface area is 103 Å². The number of aryl methyl sites for hydroxylation is 1. The number of carbonyl (C=O) groups is 1. The van der Waals surface area contributed by atoms with Crippen molar-refractivity contribution in [2.45, 2.75) is 6.92 Å². The van der Waals surface area contributed by atoms with Gasteiger partial charge in [0.05, 0.1) is 12.6 Å². The third-order valence-electron chi connectivity index (χ3n) is 2.66.